The van der Waals surface area contributed by atoms with Crippen LogP contribution in [0.4, 0.5) is 0 Å². The van der Waals surface area contributed by atoms with Gasteiger partial charge in [-0.25, -0.2) is 0 Å². The van der Waals surface area contributed by atoms with Crippen LogP contribution in [0.15, 0.2) is 83.8 Å². The van der Waals surface area contributed by atoms with Crippen LogP contribution in [0.5, 0.6) is 11.5 Å². The number of hydrogen-bond donors (Lipinski definition) is 0. The molecule has 4 nitrogen and oxygen atoms in total. The maximum Gasteiger partial charge on any atom is 0.266 e. The molecule has 0 bridgehead atoms. The molecule has 4 rings (SSSR count). The van der Waals surface area contributed by atoms with Crippen molar-refractivity contribution in [2.24, 2.45) is 0 Å². The van der Waals surface area contributed by atoms with Gasteiger partial charge in [-0.1, -0.05) is 84.1 Å². The first-order valence-electron chi connectivity index (χ1n) is 10.8. The molecule has 0 aliphatic carbocycles. The summed E-state index contributed by atoms with van der Waals surface area (Å²) in [6.07, 6.45) is 2.65. The summed E-state index contributed by atoms with van der Waals surface area (Å²) in [5.74, 6) is 1.57. The Labute approximate surface area is 204 Å². The van der Waals surface area contributed by atoms with E-state index in [1.165, 1.54) is 17.3 Å². The van der Waals surface area contributed by atoms with Crippen molar-refractivity contribution in [2.45, 2.75) is 19.9 Å². The van der Waals surface area contributed by atoms with Gasteiger partial charge in [-0.05, 0) is 48.4 Å². The van der Waals surface area contributed by atoms with Gasteiger partial charge >= 0.3 is 0 Å². The first-order valence-corrected chi connectivity index (χ1v) is 12.0. The molecule has 1 fully saturated rings. The maximum atomic E-state index is 12.9. The molecular formula is C27H25NO3S2. The van der Waals surface area contributed by atoms with Crippen LogP contribution in [0.3, 0.4) is 0 Å². The van der Waals surface area contributed by atoms with Gasteiger partial charge in [-0.15, -0.1) is 0 Å². The molecule has 1 heterocycles. The highest BCUT2D eigenvalue weighted by Crippen LogP contribution is 2.34. The fourth-order valence-electron chi connectivity index (χ4n) is 3.32. The number of thiocarbonyl (C=S) groups is 1. The summed E-state index contributed by atoms with van der Waals surface area (Å²) in [6, 6.07) is 25.6. The topological polar surface area (TPSA) is 38.8 Å². The van der Waals surface area contributed by atoms with E-state index in [0.29, 0.717) is 29.0 Å². The second kappa shape index (κ2) is 11.2. The zero-order valence-electron chi connectivity index (χ0n) is 18.4. The van der Waals surface area contributed by atoms with E-state index in [2.05, 4.69) is 6.92 Å². The Hall–Kier alpha value is -3.09. The van der Waals surface area contributed by atoms with Crippen molar-refractivity contribution in [1.82, 2.24) is 4.90 Å². The molecule has 0 saturated carbocycles. The zero-order chi connectivity index (χ0) is 23.0. The molecule has 0 spiro atoms. The maximum absolute atomic E-state index is 12.9. The molecule has 1 aliphatic rings. The van der Waals surface area contributed by atoms with Gasteiger partial charge in [0.05, 0.1) is 24.7 Å². The molecular weight excluding hydrogens is 450 g/mol. The van der Waals surface area contributed by atoms with Crippen LogP contribution in [0.1, 0.15) is 23.1 Å². The molecule has 3 aromatic rings. The van der Waals surface area contributed by atoms with E-state index in [1.807, 2.05) is 84.9 Å². The van der Waals surface area contributed by atoms with Gasteiger partial charge in [0.1, 0.15) is 15.8 Å². The van der Waals surface area contributed by atoms with Gasteiger partial charge in [-0.3, -0.25) is 9.69 Å². The second-order valence-corrected chi connectivity index (χ2v) is 9.37. The van der Waals surface area contributed by atoms with Crippen molar-refractivity contribution in [1.29, 1.82) is 0 Å². The van der Waals surface area contributed by atoms with E-state index in [9.17, 15) is 4.79 Å². The monoisotopic (exact) mass is 475 g/mol. The number of rotatable bonds is 9. The van der Waals surface area contributed by atoms with E-state index in [1.54, 1.807) is 4.90 Å². The van der Waals surface area contributed by atoms with E-state index >= 15 is 0 Å². The molecule has 0 N–H and O–H groups in total. The predicted octanol–water partition coefficient (Wildman–Crippen LogP) is 6.24. The average Bonchev–Trinajstić information content (AvgIpc) is 3.08. The summed E-state index contributed by atoms with van der Waals surface area (Å²) >= 11 is 6.79. The normalized spacial score (nSPS) is 14.7. The van der Waals surface area contributed by atoms with Crippen LogP contribution in [0.2, 0.25) is 0 Å². The summed E-state index contributed by atoms with van der Waals surface area (Å²) in [4.78, 5) is 15.2. The fourth-order valence-corrected chi connectivity index (χ4v) is 4.58. The molecule has 168 valence electrons. The van der Waals surface area contributed by atoms with Crippen LogP contribution >= 0.6 is 24.0 Å². The number of nitrogens with zero attached hydrogens (tertiary/aromatic N) is 1. The van der Waals surface area contributed by atoms with Crippen molar-refractivity contribution in [3.63, 3.8) is 0 Å². The Morgan fingerprint density at radius 3 is 2.39 bits per heavy atom. The smallest absolute Gasteiger partial charge is 0.266 e. The van der Waals surface area contributed by atoms with Crippen molar-refractivity contribution in [2.75, 3.05) is 13.2 Å². The van der Waals surface area contributed by atoms with Gasteiger partial charge in [-0.2, -0.15) is 0 Å². The van der Waals surface area contributed by atoms with Crippen molar-refractivity contribution < 1.29 is 14.3 Å². The Kier molecular flexibility index (Phi) is 7.81. The highest BCUT2D eigenvalue weighted by molar-refractivity contribution is 8.26. The highest BCUT2D eigenvalue weighted by atomic mass is 32.2. The number of aryl methyl sites for hydroxylation is 1. The second-order valence-electron chi connectivity index (χ2n) is 7.69. The van der Waals surface area contributed by atoms with E-state index in [0.717, 1.165) is 29.0 Å². The van der Waals surface area contributed by atoms with E-state index < -0.39 is 0 Å². The minimum absolute atomic E-state index is 0.0616. The van der Waals surface area contributed by atoms with Crippen LogP contribution in [-0.4, -0.2) is 28.3 Å². The molecule has 6 heteroatoms. The summed E-state index contributed by atoms with van der Waals surface area (Å²) in [5.41, 5.74) is 3.17. The number of carbonyl (C=O) groups excluding carboxylic acids is 1. The lowest BCUT2D eigenvalue weighted by Crippen LogP contribution is -2.27. The van der Waals surface area contributed by atoms with Crippen molar-refractivity contribution in [3.8, 4) is 11.5 Å². The van der Waals surface area contributed by atoms with Crippen LogP contribution in [0.25, 0.3) is 6.08 Å². The van der Waals surface area contributed by atoms with E-state index in [4.69, 9.17) is 21.7 Å². The average molecular weight is 476 g/mol. The van der Waals surface area contributed by atoms with Crippen LogP contribution in [0, 0.1) is 6.92 Å². The first kappa shape index (κ1) is 23.1. The molecule has 0 atom stereocenters. The molecule has 0 unspecified atom stereocenters. The Morgan fingerprint density at radius 2 is 1.64 bits per heavy atom. The molecule has 0 radical (unpaired) electrons. The van der Waals surface area contributed by atoms with Crippen LogP contribution in [-0.2, 0) is 11.3 Å². The van der Waals surface area contributed by atoms with Gasteiger partial charge in [0.2, 0.25) is 0 Å². The summed E-state index contributed by atoms with van der Waals surface area (Å²) in [5, 5.41) is 0. The van der Waals surface area contributed by atoms with Gasteiger partial charge in [0, 0.05) is 6.42 Å². The standard InChI is InChI=1S/C27H25NO3S2/c1-20-11-13-23(14-12-20)30-15-6-16-31-24-10-5-9-22(17-24)18-25-26(29)28(27(32)33-25)19-21-7-3-2-4-8-21/h2-5,7-14,17-18H,6,15-16,19H2,1H3/b25-18+. The third kappa shape index (κ3) is 6.46. The van der Waals surface area contributed by atoms with Crippen molar-refractivity contribution in [3.05, 3.63) is 100 Å². The molecule has 1 amide bonds. The first-order chi connectivity index (χ1) is 16.1. The lowest BCUT2D eigenvalue weighted by molar-refractivity contribution is -0.122. The molecule has 3 aromatic carbocycles. The molecule has 0 aromatic heterocycles. The largest absolute Gasteiger partial charge is 0.493 e. The summed E-state index contributed by atoms with van der Waals surface area (Å²) in [6.45, 7) is 3.68. The third-order valence-electron chi connectivity index (χ3n) is 5.06. The summed E-state index contributed by atoms with van der Waals surface area (Å²) < 4.78 is 12.2. The highest BCUT2D eigenvalue weighted by Gasteiger charge is 2.31. The predicted molar refractivity (Wildman–Crippen MR) is 138 cm³/mol. The Balaban J connectivity index is 1.30. The number of carbonyl (C=O) groups is 1. The molecule has 1 saturated heterocycles. The molecule has 33 heavy (non-hydrogen) atoms. The lowest BCUT2D eigenvalue weighted by Gasteiger charge is -2.14. The SMILES string of the molecule is Cc1ccc(OCCCOc2cccc(/C=C3/SC(=S)N(Cc4ccccc4)C3=O)c2)cc1. The number of amides is 1. The Morgan fingerprint density at radius 1 is 0.909 bits per heavy atom. The zero-order valence-corrected chi connectivity index (χ0v) is 20.0. The number of benzene rings is 3. The fraction of sp³-hybridized carbons (Fsp3) is 0.185. The molecule has 1 aliphatic heterocycles. The van der Waals surface area contributed by atoms with Crippen molar-refractivity contribution >= 4 is 40.3 Å². The van der Waals surface area contributed by atoms with Gasteiger partial charge < -0.3 is 9.47 Å². The quantitative estimate of drug-likeness (QED) is 0.208. The number of thioether (sulfide) groups is 1. The lowest BCUT2D eigenvalue weighted by atomic mass is 10.2. The number of ether oxygens (including phenoxy) is 2. The van der Waals surface area contributed by atoms with Crippen LogP contribution < -0.4 is 9.47 Å². The number of hydrogen-bond acceptors (Lipinski definition) is 5. The summed E-state index contributed by atoms with van der Waals surface area (Å²) in [7, 11) is 0. The third-order valence-corrected chi connectivity index (χ3v) is 6.44. The van der Waals surface area contributed by atoms with Gasteiger partial charge in [0.15, 0.2) is 0 Å². The Bertz CT molecular complexity index is 1140. The van der Waals surface area contributed by atoms with E-state index in [-0.39, 0.29) is 5.91 Å². The minimum atomic E-state index is -0.0616. The minimum Gasteiger partial charge on any atom is -0.493 e. The van der Waals surface area contributed by atoms with Gasteiger partial charge in [0.25, 0.3) is 5.91 Å².